The summed E-state index contributed by atoms with van der Waals surface area (Å²) in [4.78, 5) is 17.1. The molecule has 0 unspecified atom stereocenters. The number of aromatic nitrogens is 1. The third kappa shape index (κ3) is 4.45. The number of amides is 2. The van der Waals surface area contributed by atoms with Crippen LogP contribution in [0.3, 0.4) is 0 Å². The highest BCUT2D eigenvalue weighted by Gasteiger charge is 2.33. The summed E-state index contributed by atoms with van der Waals surface area (Å²) >= 11 is 1.10. The van der Waals surface area contributed by atoms with E-state index in [1.165, 1.54) is 16.4 Å². The first-order chi connectivity index (χ1) is 13.1. The van der Waals surface area contributed by atoms with Crippen molar-refractivity contribution in [1.82, 2.24) is 9.29 Å². The number of sulfonamides is 1. The van der Waals surface area contributed by atoms with Crippen molar-refractivity contribution in [2.75, 3.05) is 22.9 Å². The second kappa shape index (κ2) is 7.68. The lowest BCUT2D eigenvalue weighted by Gasteiger charge is -2.24. The quantitative estimate of drug-likeness (QED) is 0.770. The van der Waals surface area contributed by atoms with Crippen LogP contribution in [0.2, 0.25) is 0 Å². The number of hydrogen-bond donors (Lipinski definition) is 2. The fraction of sp³-hybridized carbons (Fsp3) is 0.375. The topological polar surface area (TPSA) is 91.4 Å². The Morgan fingerprint density at radius 1 is 1.29 bits per heavy atom. The van der Waals surface area contributed by atoms with E-state index in [0.29, 0.717) is 23.5 Å². The van der Waals surface area contributed by atoms with Gasteiger partial charge in [-0.15, -0.1) is 0 Å². The average Bonchev–Trinajstić information content (AvgIpc) is 3.02. The van der Waals surface area contributed by atoms with Crippen molar-refractivity contribution in [3.63, 3.8) is 0 Å². The molecule has 0 saturated carbocycles. The Hall–Kier alpha value is -2.18. The van der Waals surface area contributed by atoms with Gasteiger partial charge in [0.1, 0.15) is 0 Å². The molecule has 0 atom stereocenters. The lowest BCUT2D eigenvalue weighted by Crippen LogP contribution is -2.36. The first-order valence-electron chi connectivity index (χ1n) is 8.31. The van der Waals surface area contributed by atoms with E-state index in [4.69, 9.17) is 0 Å². The van der Waals surface area contributed by atoms with Crippen molar-refractivity contribution in [3.05, 3.63) is 40.4 Å². The van der Waals surface area contributed by atoms with Gasteiger partial charge in [0.25, 0.3) is 0 Å². The highest BCUT2D eigenvalue weighted by molar-refractivity contribution is 7.89. The molecule has 1 aliphatic rings. The first-order valence-corrected chi connectivity index (χ1v) is 10.7. The van der Waals surface area contributed by atoms with Crippen molar-refractivity contribution >= 4 is 38.2 Å². The minimum atomic E-state index is -4.60. The highest BCUT2D eigenvalue weighted by atomic mass is 32.2. The zero-order chi connectivity index (χ0) is 20.5. The van der Waals surface area contributed by atoms with E-state index in [2.05, 4.69) is 15.6 Å². The van der Waals surface area contributed by atoms with Gasteiger partial charge in [0.15, 0.2) is 5.13 Å². The number of thiazole rings is 1. The number of anilines is 2. The Kier molecular flexibility index (Phi) is 5.64. The van der Waals surface area contributed by atoms with Crippen LogP contribution in [0.25, 0.3) is 0 Å². The third-order valence-electron chi connectivity index (χ3n) is 4.16. The molecule has 0 saturated heterocycles. The molecule has 7 nitrogen and oxygen atoms in total. The molecule has 3 rings (SSSR count). The van der Waals surface area contributed by atoms with Gasteiger partial charge in [-0.3, -0.25) is 5.32 Å². The normalized spacial score (nSPS) is 15.1. The number of urea groups is 1. The molecule has 0 bridgehead atoms. The van der Waals surface area contributed by atoms with Crippen LogP contribution >= 0.6 is 11.3 Å². The molecule has 0 aliphatic carbocycles. The smallest absolute Gasteiger partial charge is 0.307 e. The van der Waals surface area contributed by atoms with Gasteiger partial charge >= 0.3 is 12.2 Å². The minimum absolute atomic E-state index is 0.00668. The predicted octanol–water partition coefficient (Wildman–Crippen LogP) is 3.51. The first kappa shape index (κ1) is 20.6. The average molecular weight is 434 g/mol. The van der Waals surface area contributed by atoms with Gasteiger partial charge in [0.2, 0.25) is 10.0 Å². The maximum atomic E-state index is 13.0. The van der Waals surface area contributed by atoms with Crippen molar-refractivity contribution < 1.29 is 26.4 Å². The van der Waals surface area contributed by atoms with Gasteiger partial charge in [0.05, 0.1) is 22.7 Å². The summed E-state index contributed by atoms with van der Waals surface area (Å²) in [6.45, 7) is 2.04. The van der Waals surface area contributed by atoms with Crippen LogP contribution in [0.4, 0.5) is 28.8 Å². The van der Waals surface area contributed by atoms with Gasteiger partial charge in [-0.1, -0.05) is 23.5 Å². The maximum Gasteiger partial charge on any atom is 0.418 e. The number of halogens is 3. The zero-order valence-electron chi connectivity index (χ0n) is 14.7. The standard InChI is InChI=1S/C16H17F3N4O3S2/c1-2-28(25,26)23-8-7-12-13(9-23)27-15(21-12)22-14(24)20-11-6-4-3-5-10(11)16(17,18)19/h3-6H,2,7-9H2,1H3,(H2,20,21,22,24). The lowest BCUT2D eigenvalue weighted by molar-refractivity contribution is -0.136. The molecule has 0 spiro atoms. The van der Waals surface area contributed by atoms with Gasteiger partial charge in [-0.05, 0) is 19.1 Å². The van der Waals surface area contributed by atoms with E-state index in [1.54, 1.807) is 6.92 Å². The van der Waals surface area contributed by atoms with Gasteiger partial charge in [0, 0.05) is 24.4 Å². The lowest BCUT2D eigenvalue weighted by atomic mass is 10.1. The van der Waals surface area contributed by atoms with Crippen LogP contribution in [0.15, 0.2) is 24.3 Å². The Morgan fingerprint density at radius 2 is 2.00 bits per heavy atom. The molecular weight excluding hydrogens is 417 g/mol. The summed E-state index contributed by atoms with van der Waals surface area (Å²) in [6, 6.07) is 3.79. The van der Waals surface area contributed by atoms with E-state index < -0.39 is 27.8 Å². The number of alkyl halides is 3. The van der Waals surface area contributed by atoms with Crippen molar-refractivity contribution in [1.29, 1.82) is 0 Å². The number of nitrogens with zero attached hydrogens (tertiary/aromatic N) is 2. The molecule has 1 aromatic heterocycles. The molecule has 0 radical (unpaired) electrons. The zero-order valence-corrected chi connectivity index (χ0v) is 16.3. The van der Waals surface area contributed by atoms with Crippen LogP contribution in [0.5, 0.6) is 0 Å². The van der Waals surface area contributed by atoms with Gasteiger partial charge in [-0.2, -0.15) is 17.5 Å². The summed E-state index contributed by atoms with van der Waals surface area (Å²) in [7, 11) is -3.33. The minimum Gasteiger partial charge on any atom is -0.307 e. The molecule has 28 heavy (non-hydrogen) atoms. The summed E-state index contributed by atoms with van der Waals surface area (Å²) in [5, 5.41) is 4.79. The van der Waals surface area contributed by atoms with E-state index in [1.807, 2.05) is 0 Å². The number of carbonyl (C=O) groups excluding carboxylic acids is 1. The van der Waals surface area contributed by atoms with Gasteiger partial charge < -0.3 is 5.32 Å². The van der Waals surface area contributed by atoms with E-state index in [9.17, 15) is 26.4 Å². The summed E-state index contributed by atoms with van der Waals surface area (Å²) in [5.41, 5.74) is -0.642. The second-order valence-electron chi connectivity index (χ2n) is 6.00. The van der Waals surface area contributed by atoms with Crippen molar-refractivity contribution in [3.8, 4) is 0 Å². The van der Waals surface area contributed by atoms with Crippen LogP contribution < -0.4 is 10.6 Å². The highest BCUT2D eigenvalue weighted by Crippen LogP contribution is 2.35. The number of fused-ring (bicyclic) bond motifs is 1. The third-order valence-corrected chi connectivity index (χ3v) is 6.98. The van der Waals surface area contributed by atoms with E-state index >= 15 is 0 Å². The number of rotatable bonds is 4. The Morgan fingerprint density at radius 3 is 2.68 bits per heavy atom. The van der Waals surface area contributed by atoms with Crippen molar-refractivity contribution in [2.24, 2.45) is 0 Å². The summed E-state index contributed by atoms with van der Waals surface area (Å²) in [6.07, 6.45) is -4.19. The number of carbonyl (C=O) groups is 1. The number of para-hydroxylation sites is 1. The van der Waals surface area contributed by atoms with Crippen LogP contribution in [-0.2, 0) is 29.2 Å². The van der Waals surface area contributed by atoms with Crippen LogP contribution in [-0.4, -0.2) is 36.0 Å². The Bertz CT molecular complexity index is 989. The van der Waals surface area contributed by atoms with E-state index in [0.717, 1.165) is 23.5 Å². The Balaban J connectivity index is 1.71. The monoisotopic (exact) mass is 434 g/mol. The molecule has 1 aromatic carbocycles. The summed E-state index contributed by atoms with van der Waals surface area (Å²) in [5.74, 6) is -0.00668. The predicted molar refractivity (Wildman–Crippen MR) is 99.8 cm³/mol. The fourth-order valence-electron chi connectivity index (χ4n) is 2.74. The summed E-state index contributed by atoms with van der Waals surface area (Å²) < 4.78 is 64.4. The molecule has 1 aliphatic heterocycles. The molecule has 0 fully saturated rings. The molecule has 12 heteroatoms. The maximum absolute atomic E-state index is 13.0. The SMILES string of the molecule is CCS(=O)(=O)N1CCc2nc(NC(=O)Nc3ccccc3C(F)(F)F)sc2C1. The fourth-order valence-corrected chi connectivity index (χ4v) is 4.90. The largest absolute Gasteiger partial charge is 0.418 e. The van der Waals surface area contributed by atoms with Gasteiger partial charge in [-0.25, -0.2) is 18.2 Å². The molecule has 2 heterocycles. The molecule has 2 aromatic rings. The number of benzene rings is 1. The molecular formula is C16H17F3N4O3S2. The molecule has 152 valence electrons. The molecule has 2 amide bonds. The van der Waals surface area contributed by atoms with Crippen molar-refractivity contribution in [2.45, 2.75) is 26.1 Å². The molecule has 2 N–H and O–H groups in total. The van der Waals surface area contributed by atoms with E-state index in [-0.39, 0.29) is 23.1 Å². The Labute approximate surface area is 163 Å². The van der Waals surface area contributed by atoms with Crippen LogP contribution in [0.1, 0.15) is 23.1 Å². The number of hydrogen-bond acceptors (Lipinski definition) is 5. The number of nitrogens with one attached hydrogen (secondary N) is 2. The second-order valence-corrected chi connectivity index (χ2v) is 9.34. The van der Waals surface area contributed by atoms with Crippen LogP contribution in [0, 0.1) is 0 Å².